The van der Waals surface area contributed by atoms with Gasteiger partial charge in [0.25, 0.3) is 0 Å². The van der Waals surface area contributed by atoms with Crippen molar-refractivity contribution in [3.63, 3.8) is 0 Å². The van der Waals surface area contributed by atoms with Crippen molar-refractivity contribution >= 4 is 21.5 Å². The predicted molar refractivity (Wildman–Crippen MR) is 112 cm³/mol. The molecule has 0 N–H and O–H groups in total. The summed E-state index contributed by atoms with van der Waals surface area (Å²) in [5, 5.41) is -0.0843. The fraction of sp³-hybridized carbons (Fsp3) is 0. The molecule has 164 valence electrons. The van der Waals surface area contributed by atoms with E-state index in [1.165, 1.54) is 18.2 Å². The van der Waals surface area contributed by atoms with Crippen LogP contribution in [0, 0.1) is 40.7 Å². The Balaban J connectivity index is 2.05. The molecule has 5 aromatic carbocycles. The number of hydrogen-bond donors (Lipinski definition) is 0. The molecule has 5 aromatic rings. The quantitative estimate of drug-likeness (QED) is 0.142. The van der Waals surface area contributed by atoms with Crippen molar-refractivity contribution in [2.75, 3.05) is 0 Å². The smallest absolute Gasteiger partial charge is 0.194 e. The van der Waals surface area contributed by atoms with E-state index >= 15 is 8.78 Å². The maximum absolute atomic E-state index is 15.2. The molecular weight excluding hydrogens is 445 g/mol. The summed E-state index contributed by atoms with van der Waals surface area (Å²) in [5.41, 5.74) is -0.137. The van der Waals surface area contributed by atoms with Gasteiger partial charge in [-0.15, -0.1) is 0 Å². The van der Waals surface area contributed by atoms with Crippen LogP contribution >= 0.6 is 0 Å². The van der Waals surface area contributed by atoms with Crippen LogP contribution < -0.4 is 0 Å². The van der Waals surface area contributed by atoms with Gasteiger partial charge in [-0.05, 0) is 58.3 Å². The summed E-state index contributed by atoms with van der Waals surface area (Å²) in [6, 6.07) is 12.3. The maximum atomic E-state index is 15.2. The molecule has 5 rings (SSSR count). The molecule has 0 aromatic heterocycles. The summed E-state index contributed by atoms with van der Waals surface area (Å²) in [6.45, 7) is 0. The molecule has 0 amide bonds. The Bertz CT molecular complexity index is 1570. The van der Waals surface area contributed by atoms with E-state index in [2.05, 4.69) is 0 Å². The van der Waals surface area contributed by atoms with Crippen LogP contribution in [0.1, 0.15) is 0 Å². The van der Waals surface area contributed by atoms with Gasteiger partial charge in [0, 0.05) is 21.9 Å². The molecule has 0 aliphatic carbocycles. The third kappa shape index (κ3) is 3.23. The van der Waals surface area contributed by atoms with Gasteiger partial charge in [-0.3, -0.25) is 0 Å². The van der Waals surface area contributed by atoms with Crippen LogP contribution in [-0.2, 0) is 0 Å². The standard InChI is InChI=1S/C26H11F7/c27-16-6-5-12(9-19(16)30)22-14-3-1-2-4-15(14)23(13-10-20(31)26(33)21(32)11-13)25-18(29)8-7-17(28)24(22)25/h1-11H. The highest BCUT2D eigenvalue weighted by Gasteiger charge is 2.24. The van der Waals surface area contributed by atoms with Gasteiger partial charge in [-0.2, -0.15) is 0 Å². The summed E-state index contributed by atoms with van der Waals surface area (Å²) < 4.78 is 99.8. The zero-order valence-electron chi connectivity index (χ0n) is 16.5. The van der Waals surface area contributed by atoms with Crippen LogP contribution in [-0.4, -0.2) is 0 Å². The topological polar surface area (TPSA) is 0 Å². The van der Waals surface area contributed by atoms with Crippen molar-refractivity contribution in [2.24, 2.45) is 0 Å². The Morgan fingerprint density at radius 1 is 0.394 bits per heavy atom. The average molecular weight is 456 g/mol. The van der Waals surface area contributed by atoms with Crippen molar-refractivity contribution in [1.29, 1.82) is 0 Å². The first-order valence-electron chi connectivity index (χ1n) is 9.70. The maximum Gasteiger partial charge on any atom is 0.194 e. The van der Waals surface area contributed by atoms with E-state index in [0.717, 1.165) is 24.3 Å². The molecule has 0 bridgehead atoms. The first-order chi connectivity index (χ1) is 15.8. The lowest BCUT2D eigenvalue weighted by Gasteiger charge is -2.19. The van der Waals surface area contributed by atoms with Gasteiger partial charge in [0.15, 0.2) is 29.1 Å². The van der Waals surface area contributed by atoms with Gasteiger partial charge < -0.3 is 0 Å². The Kier molecular flexibility index (Phi) is 4.85. The number of hydrogen-bond acceptors (Lipinski definition) is 0. The fourth-order valence-electron chi connectivity index (χ4n) is 4.18. The molecule has 0 aliphatic heterocycles. The van der Waals surface area contributed by atoms with Crippen molar-refractivity contribution in [1.82, 2.24) is 0 Å². The summed E-state index contributed by atoms with van der Waals surface area (Å²) in [7, 11) is 0. The van der Waals surface area contributed by atoms with Gasteiger partial charge in [-0.25, -0.2) is 30.7 Å². The Labute approximate surface area is 182 Å². The Hall–Kier alpha value is -3.87. The third-order valence-electron chi connectivity index (χ3n) is 5.55. The SMILES string of the molecule is Fc1ccc(-c2c3ccccc3c(-c3cc(F)c(F)c(F)c3)c3c(F)ccc(F)c23)cc1F. The van der Waals surface area contributed by atoms with Gasteiger partial charge in [-0.1, -0.05) is 30.3 Å². The normalized spacial score (nSPS) is 11.5. The molecule has 0 atom stereocenters. The molecule has 0 heterocycles. The van der Waals surface area contributed by atoms with Crippen LogP contribution in [0.5, 0.6) is 0 Å². The van der Waals surface area contributed by atoms with E-state index in [-0.39, 0.29) is 38.4 Å². The molecule has 7 heteroatoms. The highest BCUT2D eigenvalue weighted by atomic mass is 19.2. The molecular formula is C26H11F7. The molecule has 0 unspecified atom stereocenters. The number of halogens is 7. The minimum Gasteiger partial charge on any atom is -0.206 e. The number of fused-ring (bicyclic) bond motifs is 2. The number of rotatable bonds is 2. The molecule has 0 saturated heterocycles. The second-order valence-corrected chi connectivity index (χ2v) is 7.46. The molecule has 0 fully saturated rings. The van der Waals surface area contributed by atoms with Crippen molar-refractivity contribution < 1.29 is 30.7 Å². The highest BCUT2D eigenvalue weighted by Crippen LogP contribution is 2.45. The van der Waals surface area contributed by atoms with Crippen LogP contribution in [0.4, 0.5) is 30.7 Å². The first-order valence-corrected chi connectivity index (χ1v) is 9.70. The monoisotopic (exact) mass is 456 g/mol. The molecule has 0 spiro atoms. The van der Waals surface area contributed by atoms with Gasteiger partial charge >= 0.3 is 0 Å². The van der Waals surface area contributed by atoms with E-state index in [9.17, 15) is 22.0 Å². The summed E-state index contributed by atoms with van der Waals surface area (Å²) in [4.78, 5) is 0. The first kappa shape index (κ1) is 21.0. The molecule has 0 nitrogen and oxygen atoms in total. The predicted octanol–water partition coefficient (Wildman–Crippen LogP) is 8.30. The van der Waals surface area contributed by atoms with E-state index in [1.54, 1.807) is 12.1 Å². The largest absolute Gasteiger partial charge is 0.206 e. The van der Waals surface area contributed by atoms with Crippen molar-refractivity contribution in [3.8, 4) is 22.3 Å². The summed E-state index contributed by atoms with van der Waals surface area (Å²) >= 11 is 0. The minimum absolute atomic E-state index is 0.0678. The van der Waals surface area contributed by atoms with Gasteiger partial charge in [0.05, 0.1) is 0 Å². The lowest BCUT2D eigenvalue weighted by atomic mass is 9.85. The second-order valence-electron chi connectivity index (χ2n) is 7.46. The van der Waals surface area contributed by atoms with Gasteiger partial charge in [0.1, 0.15) is 11.6 Å². The number of benzene rings is 5. The van der Waals surface area contributed by atoms with E-state index in [1.807, 2.05) is 0 Å². The summed E-state index contributed by atoms with van der Waals surface area (Å²) in [5.74, 6) is -8.80. The summed E-state index contributed by atoms with van der Waals surface area (Å²) in [6.07, 6.45) is 0. The van der Waals surface area contributed by atoms with Gasteiger partial charge in [0.2, 0.25) is 0 Å². The lowest BCUT2D eigenvalue weighted by Crippen LogP contribution is -1.98. The van der Waals surface area contributed by atoms with E-state index in [4.69, 9.17) is 0 Å². The molecule has 0 saturated carbocycles. The lowest BCUT2D eigenvalue weighted by molar-refractivity contribution is 0.448. The highest BCUT2D eigenvalue weighted by molar-refractivity contribution is 6.21. The third-order valence-corrected chi connectivity index (χ3v) is 5.55. The average Bonchev–Trinajstić information content (AvgIpc) is 2.80. The van der Waals surface area contributed by atoms with Crippen molar-refractivity contribution in [3.05, 3.63) is 107 Å². The van der Waals surface area contributed by atoms with Crippen LogP contribution in [0.3, 0.4) is 0 Å². The van der Waals surface area contributed by atoms with Crippen LogP contribution in [0.2, 0.25) is 0 Å². The molecule has 33 heavy (non-hydrogen) atoms. The van der Waals surface area contributed by atoms with Crippen LogP contribution in [0.25, 0.3) is 43.8 Å². The Morgan fingerprint density at radius 3 is 1.36 bits per heavy atom. The van der Waals surface area contributed by atoms with E-state index in [0.29, 0.717) is 17.5 Å². The van der Waals surface area contributed by atoms with Crippen molar-refractivity contribution in [2.45, 2.75) is 0 Å². The Morgan fingerprint density at radius 2 is 0.848 bits per heavy atom. The zero-order chi connectivity index (χ0) is 23.4. The van der Waals surface area contributed by atoms with Crippen LogP contribution in [0.15, 0.2) is 66.7 Å². The molecule has 0 aliphatic rings. The second kappa shape index (κ2) is 7.62. The van der Waals surface area contributed by atoms with E-state index < -0.39 is 40.7 Å². The zero-order valence-corrected chi connectivity index (χ0v) is 16.5. The fourth-order valence-corrected chi connectivity index (χ4v) is 4.18. The molecule has 0 radical (unpaired) electrons. The minimum atomic E-state index is -1.70.